The van der Waals surface area contributed by atoms with Crippen LogP contribution in [0.3, 0.4) is 0 Å². The van der Waals surface area contributed by atoms with Crippen molar-refractivity contribution < 1.29 is 14.3 Å². The molecule has 132 valence electrons. The van der Waals surface area contributed by atoms with Crippen molar-refractivity contribution in [2.45, 2.75) is 13.0 Å². The third kappa shape index (κ3) is 4.09. The number of fused-ring (bicyclic) bond motifs is 1. The maximum atomic E-state index is 12.5. The third-order valence-corrected chi connectivity index (χ3v) is 4.39. The molecule has 0 bridgehead atoms. The van der Waals surface area contributed by atoms with E-state index in [0.29, 0.717) is 18.5 Å². The van der Waals surface area contributed by atoms with Crippen molar-refractivity contribution in [1.29, 1.82) is 0 Å². The predicted octanol–water partition coefficient (Wildman–Crippen LogP) is 3.83. The van der Waals surface area contributed by atoms with Gasteiger partial charge in [-0.1, -0.05) is 54.6 Å². The Labute approximate surface area is 153 Å². The van der Waals surface area contributed by atoms with Gasteiger partial charge in [0.25, 0.3) is 0 Å². The second-order valence-electron chi connectivity index (χ2n) is 6.30. The Morgan fingerprint density at radius 3 is 2.23 bits per heavy atom. The normalized spacial score (nSPS) is 10.5. The molecular weight excluding hydrogens is 326 g/mol. The van der Waals surface area contributed by atoms with Gasteiger partial charge in [-0.05, 0) is 34.0 Å². The predicted molar refractivity (Wildman–Crippen MR) is 102 cm³/mol. The zero-order valence-electron chi connectivity index (χ0n) is 14.9. The molecule has 0 heterocycles. The summed E-state index contributed by atoms with van der Waals surface area (Å²) < 4.78 is 4.69. The van der Waals surface area contributed by atoms with Gasteiger partial charge in [-0.15, -0.1) is 0 Å². The number of ether oxygens (including phenoxy) is 1. The summed E-state index contributed by atoms with van der Waals surface area (Å²) in [5.74, 6) is -0.311. The molecule has 3 rings (SSSR count). The number of benzene rings is 3. The number of hydrogen-bond acceptors (Lipinski definition) is 3. The summed E-state index contributed by atoms with van der Waals surface area (Å²) in [4.78, 5) is 25.7. The molecule has 0 aliphatic heterocycles. The Balaban J connectivity index is 1.64. The number of methoxy groups -OCH3 is 1. The lowest BCUT2D eigenvalue weighted by Crippen LogP contribution is -2.27. The maximum absolute atomic E-state index is 12.5. The van der Waals surface area contributed by atoms with Gasteiger partial charge in [0.05, 0.1) is 19.1 Å². The van der Waals surface area contributed by atoms with Gasteiger partial charge in [0, 0.05) is 13.6 Å². The van der Waals surface area contributed by atoms with Gasteiger partial charge in [0.1, 0.15) is 0 Å². The minimum Gasteiger partial charge on any atom is -0.465 e. The van der Waals surface area contributed by atoms with Crippen molar-refractivity contribution in [3.8, 4) is 0 Å². The van der Waals surface area contributed by atoms with Crippen LogP contribution in [0.5, 0.6) is 0 Å². The highest BCUT2D eigenvalue weighted by Crippen LogP contribution is 2.17. The number of carbonyl (C=O) groups is 2. The van der Waals surface area contributed by atoms with Gasteiger partial charge in [0.2, 0.25) is 5.91 Å². The van der Waals surface area contributed by atoms with Crippen molar-refractivity contribution in [1.82, 2.24) is 4.90 Å². The Hall–Kier alpha value is -3.14. The van der Waals surface area contributed by atoms with Crippen LogP contribution in [-0.4, -0.2) is 30.9 Å². The summed E-state index contributed by atoms with van der Waals surface area (Å²) in [6.07, 6.45) is 0.363. The Morgan fingerprint density at radius 1 is 0.885 bits per heavy atom. The molecule has 0 aromatic heterocycles. The SMILES string of the molecule is COC(=O)c1ccc(CN(C)C(=O)Cc2ccc3ccccc3c2)cc1. The number of carbonyl (C=O) groups excluding carboxylic acids is 2. The molecule has 0 N–H and O–H groups in total. The highest BCUT2D eigenvalue weighted by molar-refractivity contribution is 5.89. The fraction of sp³-hybridized carbons (Fsp3) is 0.182. The summed E-state index contributed by atoms with van der Waals surface area (Å²) in [6.45, 7) is 0.494. The standard InChI is InChI=1S/C22H21NO3/c1-23(15-16-7-11-19(12-8-16)22(25)26-2)21(24)14-17-9-10-18-5-3-4-6-20(18)13-17/h3-13H,14-15H2,1-2H3. The van der Waals surface area contributed by atoms with Crippen LogP contribution in [-0.2, 0) is 22.5 Å². The molecule has 0 aliphatic rings. The first-order valence-electron chi connectivity index (χ1n) is 8.46. The minimum atomic E-state index is -0.364. The molecule has 4 nitrogen and oxygen atoms in total. The van der Waals surface area contributed by atoms with Gasteiger partial charge in [-0.2, -0.15) is 0 Å². The van der Waals surface area contributed by atoms with Gasteiger partial charge in [-0.3, -0.25) is 4.79 Å². The second kappa shape index (κ2) is 7.83. The van der Waals surface area contributed by atoms with Gasteiger partial charge < -0.3 is 9.64 Å². The van der Waals surface area contributed by atoms with Crippen molar-refractivity contribution in [3.63, 3.8) is 0 Å². The van der Waals surface area contributed by atoms with E-state index in [1.165, 1.54) is 12.5 Å². The van der Waals surface area contributed by atoms with E-state index < -0.39 is 0 Å². The summed E-state index contributed by atoms with van der Waals surface area (Å²) in [5, 5.41) is 2.31. The van der Waals surface area contributed by atoms with E-state index in [4.69, 9.17) is 0 Å². The maximum Gasteiger partial charge on any atom is 0.337 e. The summed E-state index contributed by atoms with van der Waals surface area (Å²) >= 11 is 0. The van der Waals surface area contributed by atoms with Gasteiger partial charge >= 0.3 is 5.97 Å². The van der Waals surface area contributed by atoms with E-state index in [9.17, 15) is 9.59 Å². The largest absolute Gasteiger partial charge is 0.465 e. The lowest BCUT2D eigenvalue weighted by atomic mass is 10.0. The number of hydrogen-bond donors (Lipinski definition) is 0. The van der Waals surface area contributed by atoms with Crippen molar-refractivity contribution in [2.75, 3.05) is 14.2 Å². The molecule has 3 aromatic rings. The first kappa shape index (κ1) is 17.7. The topological polar surface area (TPSA) is 46.6 Å². The molecule has 0 radical (unpaired) electrons. The molecule has 4 heteroatoms. The fourth-order valence-electron chi connectivity index (χ4n) is 2.88. The fourth-order valence-corrected chi connectivity index (χ4v) is 2.88. The highest BCUT2D eigenvalue weighted by atomic mass is 16.5. The zero-order chi connectivity index (χ0) is 18.5. The highest BCUT2D eigenvalue weighted by Gasteiger charge is 2.11. The van der Waals surface area contributed by atoms with E-state index in [-0.39, 0.29) is 11.9 Å². The molecule has 1 amide bonds. The number of amides is 1. The van der Waals surface area contributed by atoms with Crippen molar-refractivity contribution in [3.05, 3.63) is 83.4 Å². The smallest absolute Gasteiger partial charge is 0.337 e. The molecule has 0 fully saturated rings. The monoisotopic (exact) mass is 347 g/mol. The summed E-state index contributed by atoms with van der Waals surface area (Å²) in [6, 6.07) is 21.3. The first-order chi connectivity index (χ1) is 12.6. The molecule has 0 saturated carbocycles. The summed E-state index contributed by atoms with van der Waals surface area (Å²) in [5.41, 5.74) is 2.47. The summed E-state index contributed by atoms with van der Waals surface area (Å²) in [7, 11) is 3.15. The average Bonchev–Trinajstić information content (AvgIpc) is 2.67. The zero-order valence-corrected chi connectivity index (χ0v) is 14.9. The molecule has 0 aliphatic carbocycles. The van der Waals surface area contributed by atoms with Gasteiger partial charge in [0.15, 0.2) is 0 Å². The molecule has 26 heavy (non-hydrogen) atoms. The van der Waals surface area contributed by atoms with Crippen LogP contribution in [0, 0.1) is 0 Å². The number of likely N-dealkylation sites (N-methyl/N-ethyl adjacent to an activating group) is 1. The van der Waals surface area contributed by atoms with Crippen LogP contribution < -0.4 is 0 Å². The quantitative estimate of drug-likeness (QED) is 0.659. The molecule has 0 atom stereocenters. The van der Waals surface area contributed by atoms with Crippen LogP contribution in [0.2, 0.25) is 0 Å². The van der Waals surface area contributed by atoms with E-state index in [2.05, 4.69) is 22.9 Å². The van der Waals surface area contributed by atoms with Gasteiger partial charge in [-0.25, -0.2) is 4.79 Å². The molecule has 3 aromatic carbocycles. The van der Waals surface area contributed by atoms with E-state index in [1.807, 2.05) is 36.4 Å². The Morgan fingerprint density at radius 2 is 1.54 bits per heavy atom. The lowest BCUT2D eigenvalue weighted by molar-refractivity contribution is -0.129. The number of esters is 1. The molecular formula is C22H21NO3. The van der Waals surface area contributed by atoms with Crippen LogP contribution >= 0.6 is 0 Å². The average molecular weight is 347 g/mol. The molecule has 0 spiro atoms. The Kier molecular flexibility index (Phi) is 5.32. The van der Waals surface area contributed by atoms with Crippen molar-refractivity contribution >= 4 is 22.6 Å². The van der Waals surface area contributed by atoms with E-state index in [1.54, 1.807) is 24.1 Å². The van der Waals surface area contributed by atoms with E-state index >= 15 is 0 Å². The van der Waals surface area contributed by atoms with Crippen LogP contribution in [0.25, 0.3) is 10.8 Å². The van der Waals surface area contributed by atoms with Crippen LogP contribution in [0.15, 0.2) is 66.7 Å². The van der Waals surface area contributed by atoms with Crippen LogP contribution in [0.1, 0.15) is 21.5 Å². The van der Waals surface area contributed by atoms with Crippen LogP contribution in [0.4, 0.5) is 0 Å². The molecule has 0 unspecified atom stereocenters. The second-order valence-corrected chi connectivity index (χ2v) is 6.30. The Bertz CT molecular complexity index is 932. The lowest BCUT2D eigenvalue weighted by Gasteiger charge is -2.17. The van der Waals surface area contributed by atoms with Crippen molar-refractivity contribution in [2.24, 2.45) is 0 Å². The number of rotatable bonds is 5. The first-order valence-corrected chi connectivity index (χ1v) is 8.46. The van der Waals surface area contributed by atoms with E-state index in [0.717, 1.165) is 16.5 Å². The number of nitrogens with zero attached hydrogens (tertiary/aromatic N) is 1. The molecule has 0 saturated heterocycles. The third-order valence-electron chi connectivity index (χ3n) is 4.39. The minimum absolute atomic E-state index is 0.0531.